The molecule has 0 spiro atoms. The minimum absolute atomic E-state index is 0.00346. The molecule has 2 N–H and O–H groups in total. The molecule has 0 radical (unpaired) electrons. The van der Waals surface area contributed by atoms with Gasteiger partial charge in [0.25, 0.3) is 0 Å². The highest BCUT2D eigenvalue weighted by Gasteiger charge is 2.21. The second kappa shape index (κ2) is 4.58. The zero-order valence-electron chi connectivity index (χ0n) is 9.66. The summed E-state index contributed by atoms with van der Waals surface area (Å²) in [4.78, 5) is 11.8. The fourth-order valence-electron chi connectivity index (χ4n) is 1.48. The second-order valence-electron chi connectivity index (χ2n) is 5.09. The molecular formula is C13H19NO. The zero-order valence-corrected chi connectivity index (χ0v) is 9.66. The van der Waals surface area contributed by atoms with Crippen LogP contribution in [0.4, 0.5) is 0 Å². The van der Waals surface area contributed by atoms with Gasteiger partial charge in [0.1, 0.15) is 0 Å². The summed E-state index contributed by atoms with van der Waals surface area (Å²) in [6.45, 7) is 6.13. The molecule has 0 aromatic heterocycles. The molecule has 0 aliphatic heterocycles. The van der Waals surface area contributed by atoms with Crippen molar-refractivity contribution in [3.63, 3.8) is 0 Å². The molecule has 0 saturated carbocycles. The maximum atomic E-state index is 11.8. The maximum absolute atomic E-state index is 11.8. The summed E-state index contributed by atoms with van der Waals surface area (Å²) < 4.78 is 0. The van der Waals surface area contributed by atoms with Gasteiger partial charge < -0.3 is 5.73 Å². The Bertz CT molecular complexity index is 324. The first-order valence-corrected chi connectivity index (χ1v) is 5.23. The summed E-state index contributed by atoms with van der Waals surface area (Å²) in [6.07, 6.45) is 0.517. The second-order valence-corrected chi connectivity index (χ2v) is 5.09. The van der Waals surface area contributed by atoms with Crippen molar-refractivity contribution in [1.82, 2.24) is 0 Å². The summed E-state index contributed by atoms with van der Waals surface area (Å²) in [6, 6.07) is 9.03. The van der Waals surface area contributed by atoms with E-state index in [0.717, 1.165) is 5.56 Å². The Labute approximate surface area is 91.5 Å². The highest BCUT2D eigenvalue weighted by molar-refractivity contribution is 5.85. The van der Waals surface area contributed by atoms with Crippen LogP contribution in [0.5, 0.6) is 0 Å². The topological polar surface area (TPSA) is 43.1 Å². The Hall–Kier alpha value is -1.15. The third kappa shape index (κ3) is 3.84. The van der Waals surface area contributed by atoms with E-state index in [2.05, 4.69) is 0 Å². The predicted molar refractivity (Wildman–Crippen MR) is 62.4 cm³/mol. The van der Waals surface area contributed by atoms with Gasteiger partial charge in [-0.15, -0.1) is 0 Å². The van der Waals surface area contributed by atoms with Crippen LogP contribution in [0.2, 0.25) is 0 Å². The summed E-state index contributed by atoms with van der Waals surface area (Å²) in [5, 5.41) is 0. The normalized spacial score (nSPS) is 13.6. The lowest BCUT2D eigenvalue weighted by Gasteiger charge is -2.19. The Morgan fingerprint density at radius 3 is 2.27 bits per heavy atom. The molecule has 0 unspecified atom stereocenters. The predicted octanol–water partition coefficient (Wildman–Crippen LogP) is 2.69. The number of hydrogen-bond acceptors (Lipinski definition) is 2. The van der Waals surface area contributed by atoms with Crippen LogP contribution in [0.15, 0.2) is 30.3 Å². The minimum atomic E-state index is -0.481. The van der Waals surface area contributed by atoms with Crippen molar-refractivity contribution >= 4 is 5.78 Å². The number of Topliss-reactive ketones (excluding diaryl/α,β-unsaturated/α-hetero) is 1. The Morgan fingerprint density at radius 2 is 1.80 bits per heavy atom. The van der Waals surface area contributed by atoms with Crippen molar-refractivity contribution < 1.29 is 4.79 Å². The minimum Gasteiger partial charge on any atom is -0.318 e. The lowest BCUT2D eigenvalue weighted by Crippen LogP contribution is -2.25. The van der Waals surface area contributed by atoms with Crippen molar-refractivity contribution in [2.24, 2.45) is 11.1 Å². The van der Waals surface area contributed by atoms with Gasteiger partial charge in [-0.25, -0.2) is 0 Å². The third-order valence-corrected chi connectivity index (χ3v) is 2.21. The van der Waals surface area contributed by atoms with Crippen LogP contribution in [-0.4, -0.2) is 5.78 Å². The standard InChI is InChI=1S/C13H19NO/c1-13(2,3)9-11(15)12(14)10-7-5-4-6-8-10/h4-8,12H,9,14H2,1-3H3/t12-/m1/s1. The van der Waals surface area contributed by atoms with Gasteiger partial charge >= 0.3 is 0 Å². The van der Waals surface area contributed by atoms with E-state index >= 15 is 0 Å². The first-order chi connectivity index (χ1) is 6.90. The van der Waals surface area contributed by atoms with E-state index in [1.165, 1.54) is 0 Å². The molecule has 2 heteroatoms. The van der Waals surface area contributed by atoms with Gasteiger partial charge in [-0.05, 0) is 11.0 Å². The average Bonchev–Trinajstić information content (AvgIpc) is 2.15. The van der Waals surface area contributed by atoms with E-state index < -0.39 is 6.04 Å². The monoisotopic (exact) mass is 205 g/mol. The van der Waals surface area contributed by atoms with Crippen LogP contribution in [-0.2, 0) is 4.79 Å². The van der Waals surface area contributed by atoms with Crippen LogP contribution in [0.3, 0.4) is 0 Å². The molecule has 15 heavy (non-hydrogen) atoms. The molecule has 82 valence electrons. The molecule has 1 rings (SSSR count). The Balaban J connectivity index is 2.70. The van der Waals surface area contributed by atoms with Gasteiger partial charge in [0, 0.05) is 6.42 Å². The summed E-state index contributed by atoms with van der Waals surface area (Å²) >= 11 is 0. The number of carbonyl (C=O) groups excluding carboxylic acids is 1. The Kier molecular flexibility index (Phi) is 3.64. The molecular weight excluding hydrogens is 186 g/mol. The average molecular weight is 205 g/mol. The number of benzene rings is 1. The first kappa shape index (κ1) is 11.9. The van der Waals surface area contributed by atoms with Gasteiger partial charge in [-0.3, -0.25) is 4.79 Å². The van der Waals surface area contributed by atoms with Crippen molar-refractivity contribution in [1.29, 1.82) is 0 Å². The fourth-order valence-corrected chi connectivity index (χ4v) is 1.48. The van der Waals surface area contributed by atoms with Gasteiger partial charge in [0.15, 0.2) is 5.78 Å². The molecule has 0 heterocycles. The van der Waals surface area contributed by atoms with Crippen molar-refractivity contribution in [3.05, 3.63) is 35.9 Å². The molecule has 1 aromatic carbocycles. The van der Waals surface area contributed by atoms with Crippen LogP contribution < -0.4 is 5.73 Å². The highest BCUT2D eigenvalue weighted by atomic mass is 16.1. The van der Waals surface area contributed by atoms with Crippen LogP contribution in [0.25, 0.3) is 0 Å². The van der Waals surface area contributed by atoms with E-state index in [1.54, 1.807) is 0 Å². The largest absolute Gasteiger partial charge is 0.318 e. The van der Waals surface area contributed by atoms with Crippen molar-refractivity contribution in [3.8, 4) is 0 Å². The van der Waals surface area contributed by atoms with E-state index in [4.69, 9.17) is 5.73 Å². The molecule has 1 aromatic rings. The van der Waals surface area contributed by atoms with Gasteiger partial charge in [-0.1, -0.05) is 51.1 Å². The van der Waals surface area contributed by atoms with E-state index in [-0.39, 0.29) is 11.2 Å². The lowest BCUT2D eigenvalue weighted by atomic mass is 9.86. The van der Waals surface area contributed by atoms with E-state index in [1.807, 2.05) is 51.1 Å². The summed E-state index contributed by atoms with van der Waals surface area (Å²) in [7, 11) is 0. The van der Waals surface area contributed by atoms with Crippen LogP contribution in [0.1, 0.15) is 38.8 Å². The number of rotatable bonds is 3. The van der Waals surface area contributed by atoms with E-state index in [9.17, 15) is 4.79 Å². The Morgan fingerprint density at radius 1 is 1.27 bits per heavy atom. The smallest absolute Gasteiger partial charge is 0.154 e. The number of carbonyl (C=O) groups is 1. The molecule has 0 saturated heterocycles. The fraction of sp³-hybridized carbons (Fsp3) is 0.462. The third-order valence-electron chi connectivity index (χ3n) is 2.21. The van der Waals surface area contributed by atoms with Crippen molar-refractivity contribution in [2.45, 2.75) is 33.2 Å². The molecule has 0 bridgehead atoms. The number of hydrogen-bond donors (Lipinski definition) is 1. The van der Waals surface area contributed by atoms with E-state index in [0.29, 0.717) is 6.42 Å². The maximum Gasteiger partial charge on any atom is 0.154 e. The molecule has 2 nitrogen and oxygen atoms in total. The molecule has 1 atom stereocenters. The van der Waals surface area contributed by atoms with Crippen LogP contribution >= 0.6 is 0 Å². The number of nitrogens with two attached hydrogens (primary N) is 1. The highest BCUT2D eigenvalue weighted by Crippen LogP contribution is 2.23. The summed E-state index contributed by atoms with van der Waals surface area (Å²) in [5.41, 5.74) is 6.79. The molecule has 0 aliphatic rings. The van der Waals surface area contributed by atoms with Crippen molar-refractivity contribution in [2.75, 3.05) is 0 Å². The molecule has 0 aliphatic carbocycles. The first-order valence-electron chi connectivity index (χ1n) is 5.23. The zero-order chi connectivity index (χ0) is 11.5. The van der Waals surface area contributed by atoms with Crippen LogP contribution in [0, 0.1) is 5.41 Å². The molecule has 0 amide bonds. The number of ketones is 1. The SMILES string of the molecule is CC(C)(C)CC(=O)[C@H](N)c1ccccc1. The van der Waals surface area contributed by atoms with Gasteiger partial charge in [0.2, 0.25) is 0 Å². The molecule has 0 fully saturated rings. The quantitative estimate of drug-likeness (QED) is 0.824. The summed E-state index contributed by atoms with van der Waals surface area (Å²) in [5.74, 6) is 0.105. The van der Waals surface area contributed by atoms with Gasteiger partial charge in [-0.2, -0.15) is 0 Å². The lowest BCUT2D eigenvalue weighted by molar-refractivity contribution is -0.122. The van der Waals surface area contributed by atoms with Gasteiger partial charge in [0.05, 0.1) is 6.04 Å².